The lowest BCUT2D eigenvalue weighted by molar-refractivity contribution is 0.156. The number of nitrogens with one attached hydrogen (secondary N) is 2. The Balaban J connectivity index is 1.54. The fourth-order valence-electron chi connectivity index (χ4n) is 3.83. The average molecular weight is 452 g/mol. The highest BCUT2D eigenvalue weighted by atomic mass is 35.5. The van der Waals surface area contributed by atoms with Crippen molar-refractivity contribution in [2.75, 3.05) is 18.4 Å². The van der Waals surface area contributed by atoms with Crippen LogP contribution in [0.15, 0.2) is 53.6 Å². The highest BCUT2D eigenvalue weighted by Gasteiger charge is 2.20. The molecule has 1 fully saturated rings. The lowest BCUT2D eigenvalue weighted by Gasteiger charge is -2.23. The Hall–Kier alpha value is -3.43. The van der Waals surface area contributed by atoms with E-state index < -0.39 is 0 Å². The van der Waals surface area contributed by atoms with Gasteiger partial charge in [0.1, 0.15) is 23.6 Å². The second kappa shape index (κ2) is 8.60. The van der Waals surface area contributed by atoms with Crippen LogP contribution in [0.5, 0.6) is 5.88 Å². The molecule has 0 atom stereocenters. The third-order valence-corrected chi connectivity index (χ3v) is 5.69. The van der Waals surface area contributed by atoms with E-state index >= 15 is 0 Å². The number of aromatic nitrogens is 5. The van der Waals surface area contributed by atoms with Gasteiger partial charge in [-0.15, -0.1) is 0 Å². The van der Waals surface area contributed by atoms with E-state index in [0.717, 1.165) is 31.6 Å². The van der Waals surface area contributed by atoms with E-state index in [1.54, 1.807) is 23.9 Å². The minimum atomic E-state index is -0.233. The van der Waals surface area contributed by atoms with Crippen molar-refractivity contribution in [1.82, 2.24) is 29.6 Å². The van der Waals surface area contributed by atoms with Crippen LogP contribution in [0.2, 0.25) is 5.02 Å². The van der Waals surface area contributed by atoms with Crippen LogP contribution in [0, 0.1) is 0 Å². The number of fused-ring (bicyclic) bond motifs is 1. The molecule has 1 aliphatic rings. The number of halogens is 1. The molecule has 1 aromatic carbocycles. The molecule has 3 aromatic heterocycles. The molecule has 0 bridgehead atoms. The van der Waals surface area contributed by atoms with Crippen LogP contribution in [-0.2, 0) is 7.05 Å². The van der Waals surface area contributed by atoms with Crippen molar-refractivity contribution in [1.29, 1.82) is 0 Å². The number of ether oxygens (including phenoxy) is 1. The molecule has 0 amide bonds. The van der Waals surface area contributed by atoms with Gasteiger partial charge in [0.25, 0.3) is 5.56 Å². The van der Waals surface area contributed by atoms with E-state index in [-0.39, 0.29) is 11.7 Å². The summed E-state index contributed by atoms with van der Waals surface area (Å²) in [4.78, 5) is 26.5. The summed E-state index contributed by atoms with van der Waals surface area (Å²) >= 11 is 5.97. The first-order valence-electron chi connectivity index (χ1n) is 10.4. The molecular weight excluding hydrogens is 430 g/mol. The summed E-state index contributed by atoms with van der Waals surface area (Å²) < 4.78 is 9.22. The van der Waals surface area contributed by atoms with Crippen LogP contribution >= 0.6 is 11.6 Å². The molecule has 0 saturated carbocycles. The molecule has 1 aliphatic heterocycles. The summed E-state index contributed by atoms with van der Waals surface area (Å²) in [6.07, 6.45) is 3.42. The van der Waals surface area contributed by atoms with Gasteiger partial charge in [-0.1, -0.05) is 17.7 Å². The van der Waals surface area contributed by atoms with Crippen molar-refractivity contribution in [3.63, 3.8) is 0 Å². The number of nitrogens with zero attached hydrogens (tertiary/aromatic N) is 5. The molecule has 9 nitrogen and oxygen atoms in total. The van der Waals surface area contributed by atoms with E-state index in [1.807, 2.05) is 30.3 Å². The van der Waals surface area contributed by atoms with Crippen molar-refractivity contribution in [3.8, 4) is 11.7 Å². The van der Waals surface area contributed by atoms with E-state index in [0.29, 0.717) is 33.6 Å². The molecule has 10 heteroatoms. The number of anilines is 2. The largest absolute Gasteiger partial charge is 0.474 e. The highest BCUT2D eigenvalue weighted by Crippen LogP contribution is 2.24. The van der Waals surface area contributed by atoms with E-state index in [2.05, 4.69) is 25.6 Å². The van der Waals surface area contributed by atoms with Gasteiger partial charge in [0.2, 0.25) is 5.88 Å². The Labute approximate surface area is 189 Å². The first-order chi connectivity index (χ1) is 15.6. The number of pyridine rings is 1. The average Bonchev–Trinajstić information content (AvgIpc) is 3.07. The second-order valence-corrected chi connectivity index (χ2v) is 8.03. The molecule has 0 unspecified atom stereocenters. The smallest absolute Gasteiger partial charge is 0.280 e. The van der Waals surface area contributed by atoms with Crippen LogP contribution < -0.4 is 20.9 Å². The zero-order valence-electron chi connectivity index (χ0n) is 17.5. The van der Waals surface area contributed by atoms with Crippen LogP contribution in [0.3, 0.4) is 0 Å². The Morgan fingerprint density at radius 3 is 2.69 bits per heavy atom. The molecule has 1 saturated heterocycles. The van der Waals surface area contributed by atoms with Crippen LogP contribution in [-0.4, -0.2) is 43.5 Å². The van der Waals surface area contributed by atoms with E-state index in [4.69, 9.17) is 16.3 Å². The molecule has 164 valence electrons. The van der Waals surface area contributed by atoms with Crippen molar-refractivity contribution in [3.05, 3.63) is 64.2 Å². The molecule has 2 N–H and O–H groups in total. The molecule has 0 aliphatic carbocycles. The minimum Gasteiger partial charge on any atom is -0.474 e. The summed E-state index contributed by atoms with van der Waals surface area (Å²) in [5, 5.41) is 7.51. The first-order valence-corrected chi connectivity index (χ1v) is 10.8. The Kier molecular flexibility index (Phi) is 5.50. The summed E-state index contributed by atoms with van der Waals surface area (Å²) in [6.45, 7) is 1.86. The number of rotatable bonds is 5. The monoisotopic (exact) mass is 451 g/mol. The molecule has 32 heavy (non-hydrogen) atoms. The summed E-state index contributed by atoms with van der Waals surface area (Å²) in [5.74, 6) is 1.48. The second-order valence-electron chi connectivity index (χ2n) is 7.59. The molecule has 4 aromatic rings. The van der Waals surface area contributed by atoms with Crippen LogP contribution in [0.25, 0.3) is 16.9 Å². The predicted octanol–water partition coefficient (Wildman–Crippen LogP) is 3.04. The topological polar surface area (TPSA) is 98.9 Å². The quantitative estimate of drug-likeness (QED) is 0.481. The number of hydrogen-bond donors (Lipinski definition) is 2. The Morgan fingerprint density at radius 1 is 1.12 bits per heavy atom. The lowest BCUT2D eigenvalue weighted by Crippen LogP contribution is -2.34. The van der Waals surface area contributed by atoms with Gasteiger partial charge < -0.3 is 15.4 Å². The Morgan fingerprint density at radius 2 is 1.91 bits per heavy atom. The molecule has 4 heterocycles. The number of hydrogen-bond acceptors (Lipinski definition) is 7. The summed E-state index contributed by atoms with van der Waals surface area (Å²) in [6, 6.07) is 12.7. The fourth-order valence-corrected chi connectivity index (χ4v) is 3.95. The van der Waals surface area contributed by atoms with E-state index in [9.17, 15) is 4.79 Å². The molecule has 0 radical (unpaired) electrons. The SMILES string of the molecule is Cn1c(=O)c2c(Nc3ccc(Cl)cc3)ncnc2n1-c1cccc(OC2CCNCC2)n1. The van der Waals surface area contributed by atoms with Gasteiger partial charge in [-0.25, -0.2) is 19.3 Å². The first kappa shape index (κ1) is 20.5. The minimum absolute atomic E-state index is 0.127. The van der Waals surface area contributed by atoms with Gasteiger partial charge in [0, 0.05) is 23.8 Å². The predicted molar refractivity (Wildman–Crippen MR) is 123 cm³/mol. The van der Waals surface area contributed by atoms with Crippen LogP contribution in [0.1, 0.15) is 12.8 Å². The zero-order valence-corrected chi connectivity index (χ0v) is 18.2. The molecule has 0 spiro atoms. The van der Waals surface area contributed by atoms with Gasteiger partial charge >= 0.3 is 0 Å². The number of benzene rings is 1. The molecule has 5 rings (SSSR count). The van der Waals surface area contributed by atoms with Crippen molar-refractivity contribution in [2.45, 2.75) is 18.9 Å². The summed E-state index contributed by atoms with van der Waals surface area (Å²) in [5.41, 5.74) is 0.985. The summed E-state index contributed by atoms with van der Waals surface area (Å²) in [7, 11) is 1.68. The normalized spacial score (nSPS) is 14.6. The maximum absolute atomic E-state index is 13.1. The zero-order chi connectivity index (χ0) is 22.1. The van der Waals surface area contributed by atoms with Gasteiger partial charge in [-0.2, -0.15) is 4.98 Å². The lowest BCUT2D eigenvalue weighted by atomic mass is 10.1. The third kappa shape index (κ3) is 3.92. The Bertz CT molecular complexity index is 1310. The van der Waals surface area contributed by atoms with Crippen molar-refractivity contribution in [2.24, 2.45) is 7.05 Å². The number of piperidine rings is 1. The van der Waals surface area contributed by atoms with Gasteiger partial charge in [-0.05, 0) is 56.3 Å². The standard InChI is InChI=1S/C22H22ClN7O2/c1-29-22(31)19-20(27-15-7-5-14(23)6-8-15)25-13-26-21(19)30(29)17-3-2-4-18(28-17)32-16-9-11-24-12-10-16/h2-8,13,16,24H,9-12H2,1H3,(H,25,26,27). The van der Waals surface area contributed by atoms with Crippen molar-refractivity contribution >= 4 is 34.1 Å². The molecular formula is C22H22ClN7O2. The maximum Gasteiger partial charge on any atom is 0.280 e. The van der Waals surface area contributed by atoms with Crippen molar-refractivity contribution < 1.29 is 4.74 Å². The maximum atomic E-state index is 13.1. The highest BCUT2D eigenvalue weighted by molar-refractivity contribution is 6.30. The van der Waals surface area contributed by atoms with Gasteiger partial charge in [0.15, 0.2) is 11.5 Å². The van der Waals surface area contributed by atoms with Gasteiger partial charge in [0.05, 0.1) is 0 Å². The van der Waals surface area contributed by atoms with Crippen LogP contribution in [0.4, 0.5) is 11.5 Å². The van der Waals surface area contributed by atoms with E-state index in [1.165, 1.54) is 11.0 Å². The third-order valence-electron chi connectivity index (χ3n) is 5.44. The van der Waals surface area contributed by atoms with Gasteiger partial charge in [-0.3, -0.25) is 4.79 Å². The fraction of sp³-hybridized carbons (Fsp3) is 0.273.